The fraction of sp³-hybridized carbons (Fsp3) is 0.467. The van der Waals surface area contributed by atoms with Crippen LogP contribution in [0.5, 0.6) is 0 Å². The molecule has 0 aliphatic carbocycles. The van der Waals surface area contributed by atoms with Gasteiger partial charge in [-0.05, 0) is 23.6 Å². The highest BCUT2D eigenvalue weighted by Crippen LogP contribution is 2.20. The van der Waals surface area contributed by atoms with Gasteiger partial charge in [-0.25, -0.2) is 9.97 Å². The number of aromatic nitrogens is 3. The standard InChI is InChI=1S/C15H23N5/c1-11(2)13-7-12(9-16)8-14(18-13)20(4)10-15-17-5-6-19(15)3/h5-8,11H,9-10,16H2,1-4H3. The lowest BCUT2D eigenvalue weighted by Gasteiger charge is -2.20. The summed E-state index contributed by atoms with van der Waals surface area (Å²) in [5, 5.41) is 0. The van der Waals surface area contributed by atoms with E-state index in [1.807, 2.05) is 31.1 Å². The second-order valence-electron chi connectivity index (χ2n) is 5.43. The molecule has 20 heavy (non-hydrogen) atoms. The van der Waals surface area contributed by atoms with Crippen LogP contribution < -0.4 is 10.6 Å². The van der Waals surface area contributed by atoms with Crippen LogP contribution in [0.15, 0.2) is 24.5 Å². The minimum atomic E-state index is 0.391. The zero-order chi connectivity index (χ0) is 14.7. The largest absolute Gasteiger partial charge is 0.352 e. The van der Waals surface area contributed by atoms with E-state index in [1.165, 1.54) is 0 Å². The SMILES string of the molecule is CC(C)c1cc(CN)cc(N(C)Cc2nccn2C)n1. The van der Waals surface area contributed by atoms with Crippen molar-refractivity contribution in [2.24, 2.45) is 12.8 Å². The predicted molar refractivity (Wildman–Crippen MR) is 81.5 cm³/mol. The molecule has 0 spiro atoms. The minimum absolute atomic E-state index is 0.391. The quantitative estimate of drug-likeness (QED) is 0.905. The third-order valence-corrected chi connectivity index (χ3v) is 3.41. The Morgan fingerprint density at radius 3 is 2.65 bits per heavy atom. The van der Waals surface area contributed by atoms with E-state index in [2.05, 4.69) is 35.9 Å². The summed E-state index contributed by atoms with van der Waals surface area (Å²) in [6.45, 7) is 5.55. The Hall–Kier alpha value is -1.88. The number of nitrogens with zero attached hydrogens (tertiary/aromatic N) is 4. The summed E-state index contributed by atoms with van der Waals surface area (Å²) < 4.78 is 2.02. The number of aryl methyl sites for hydroxylation is 1. The molecule has 0 bridgehead atoms. The Bertz CT molecular complexity index is 573. The Kier molecular flexibility index (Phi) is 4.39. The Labute approximate surface area is 120 Å². The smallest absolute Gasteiger partial charge is 0.129 e. The number of imidazole rings is 1. The van der Waals surface area contributed by atoms with Crippen LogP contribution in [0, 0.1) is 0 Å². The van der Waals surface area contributed by atoms with Crippen molar-refractivity contribution in [2.45, 2.75) is 32.9 Å². The lowest BCUT2D eigenvalue weighted by atomic mass is 10.1. The summed E-state index contributed by atoms with van der Waals surface area (Å²) in [5.74, 6) is 2.35. The van der Waals surface area contributed by atoms with Crippen molar-refractivity contribution in [3.63, 3.8) is 0 Å². The number of rotatable bonds is 5. The first-order valence-electron chi connectivity index (χ1n) is 6.89. The van der Waals surface area contributed by atoms with Gasteiger partial charge in [-0.1, -0.05) is 13.8 Å². The average molecular weight is 273 g/mol. The molecular formula is C15H23N5. The molecule has 0 fully saturated rings. The van der Waals surface area contributed by atoms with Gasteiger partial charge in [0.15, 0.2) is 0 Å². The van der Waals surface area contributed by atoms with E-state index in [0.717, 1.165) is 29.4 Å². The molecule has 0 aliphatic heterocycles. The summed E-state index contributed by atoms with van der Waals surface area (Å²) in [5.41, 5.74) is 7.98. The van der Waals surface area contributed by atoms with E-state index in [0.29, 0.717) is 12.5 Å². The maximum atomic E-state index is 5.79. The third kappa shape index (κ3) is 3.17. The molecule has 108 valence electrons. The van der Waals surface area contributed by atoms with Crippen molar-refractivity contribution in [1.82, 2.24) is 14.5 Å². The number of anilines is 1. The van der Waals surface area contributed by atoms with E-state index in [4.69, 9.17) is 10.7 Å². The van der Waals surface area contributed by atoms with Gasteiger partial charge in [0.05, 0.1) is 6.54 Å². The second-order valence-corrected chi connectivity index (χ2v) is 5.43. The number of nitrogens with two attached hydrogens (primary N) is 1. The Morgan fingerprint density at radius 1 is 1.35 bits per heavy atom. The van der Waals surface area contributed by atoms with Gasteiger partial charge in [-0.3, -0.25) is 0 Å². The van der Waals surface area contributed by atoms with Gasteiger partial charge >= 0.3 is 0 Å². The molecule has 0 unspecified atom stereocenters. The summed E-state index contributed by atoms with van der Waals surface area (Å²) >= 11 is 0. The van der Waals surface area contributed by atoms with Crippen molar-refractivity contribution in [3.8, 4) is 0 Å². The molecule has 2 heterocycles. The molecule has 2 aromatic rings. The van der Waals surface area contributed by atoms with Gasteiger partial charge in [0.25, 0.3) is 0 Å². The van der Waals surface area contributed by atoms with Crippen molar-refractivity contribution in [1.29, 1.82) is 0 Å². The van der Waals surface area contributed by atoms with Crippen LogP contribution in [0.4, 0.5) is 5.82 Å². The zero-order valence-electron chi connectivity index (χ0n) is 12.7. The van der Waals surface area contributed by atoms with Crippen LogP contribution in [0.25, 0.3) is 0 Å². The molecule has 2 rings (SSSR count). The second kappa shape index (κ2) is 6.05. The van der Waals surface area contributed by atoms with Gasteiger partial charge < -0.3 is 15.2 Å². The molecule has 0 amide bonds. The normalized spacial score (nSPS) is 11.1. The highest BCUT2D eigenvalue weighted by Gasteiger charge is 2.11. The number of hydrogen-bond donors (Lipinski definition) is 1. The van der Waals surface area contributed by atoms with Gasteiger partial charge in [0.2, 0.25) is 0 Å². The Morgan fingerprint density at radius 2 is 2.10 bits per heavy atom. The first-order chi connectivity index (χ1) is 9.51. The maximum Gasteiger partial charge on any atom is 0.129 e. The van der Waals surface area contributed by atoms with Crippen LogP contribution >= 0.6 is 0 Å². The van der Waals surface area contributed by atoms with Gasteiger partial charge in [0, 0.05) is 38.7 Å². The summed E-state index contributed by atoms with van der Waals surface area (Å²) in [4.78, 5) is 11.2. The van der Waals surface area contributed by atoms with Crippen LogP contribution in [-0.4, -0.2) is 21.6 Å². The van der Waals surface area contributed by atoms with Crippen LogP contribution in [0.1, 0.15) is 36.8 Å². The molecule has 0 saturated carbocycles. The molecule has 5 heteroatoms. The maximum absolute atomic E-state index is 5.79. The minimum Gasteiger partial charge on any atom is -0.352 e. The number of hydrogen-bond acceptors (Lipinski definition) is 4. The summed E-state index contributed by atoms with van der Waals surface area (Å²) in [7, 11) is 4.03. The first-order valence-corrected chi connectivity index (χ1v) is 6.89. The monoisotopic (exact) mass is 273 g/mol. The van der Waals surface area contributed by atoms with E-state index in [1.54, 1.807) is 0 Å². The van der Waals surface area contributed by atoms with E-state index in [-0.39, 0.29) is 0 Å². The third-order valence-electron chi connectivity index (χ3n) is 3.41. The first kappa shape index (κ1) is 14.5. The average Bonchev–Trinajstić information content (AvgIpc) is 2.83. The molecule has 2 aromatic heterocycles. The summed E-state index contributed by atoms with van der Waals surface area (Å²) in [6.07, 6.45) is 3.76. The van der Waals surface area contributed by atoms with E-state index < -0.39 is 0 Å². The molecule has 0 atom stereocenters. The summed E-state index contributed by atoms with van der Waals surface area (Å²) in [6, 6.07) is 4.14. The molecule has 0 saturated heterocycles. The fourth-order valence-corrected chi connectivity index (χ4v) is 2.05. The van der Waals surface area contributed by atoms with Crippen LogP contribution in [0.3, 0.4) is 0 Å². The fourth-order valence-electron chi connectivity index (χ4n) is 2.05. The van der Waals surface area contributed by atoms with E-state index >= 15 is 0 Å². The van der Waals surface area contributed by atoms with Gasteiger partial charge in [-0.2, -0.15) is 0 Å². The van der Waals surface area contributed by atoms with Crippen LogP contribution in [0.2, 0.25) is 0 Å². The number of pyridine rings is 1. The molecule has 0 aliphatic rings. The van der Waals surface area contributed by atoms with Crippen LogP contribution in [-0.2, 0) is 20.1 Å². The van der Waals surface area contributed by atoms with Crippen molar-refractivity contribution in [3.05, 3.63) is 41.6 Å². The van der Waals surface area contributed by atoms with Crippen molar-refractivity contribution < 1.29 is 0 Å². The van der Waals surface area contributed by atoms with Crippen molar-refractivity contribution >= 4 is 5.82 Å². The Balaban J connectivity index is 2.26. The molecule has 0 radical (unpaired) electrons. The molecular weight excluding hydrogens is 250 g/mol. The van der Waals surface area contributed by atoms with Crippen molar-refractivity contribution in [2.75, 3.05) is 11.9 Å². The molecule has 0 aromatic carbocycles. The topological polar surface area (TPSA) is 60.0 Å². The zero-order valence-corrected chi connectivity index (χ0v) is 12.7. The lowest BCUT2D eigenvalue weighted by Crippen LogP contribution is -2.21. The highest BCUT2D eigenvalue weighted by molar-refractivity contribution is 5.42. The van der Waals surface area contributed by atoms with E-state index in [9.17, 15) is 0 Å². The predicted octanol–water partition coefficient (Wildman–Crippen LogP) is 2.03. The molecule has 2 N–H and O–H groups in total. The van der Waals surface area contributed by atoms with Gasteiger partial charge in [-0.15, -0.1) is 0 Å². The van der Waals surface area contributed by atoms with Gasteiger partial charge in [0.1, 0.15) is 11.6 Å². The molecule has 5 nitrogen and oxygen atoms in total. The highest BCUT2D eigenvalue weighted by atomic mass is 15.2. The lowest BCUT2D eigenvalue weighted by molar-refractivity contribution is 0.745.